The third-order valence-corrected chi connectivity index (χ3v) is 5.18. The molecule has 0 bridgehead atoms. The van der Waals surface area contributed by atoms with Crippen molar-refractivity contribution in [2.45, 2.75) is 12.8 Å². The van der Waals surface area contributed by atoms with Crippen LogP contribution in [-0.2, 0) is 21.1 Å². The molecule has 0 unspecified atom stereocenters. The second-order valence-electron chi connectivity index (χ2n) is 5.67. The Morgan fingerprint density at radius 2 is 1.60 bits per heavy atom. The second kappa shape index (κ2) is 8.43. The van der Waals surface area contributed by atoms with Gasteiger partial charge < -0.3 is 11.1 Å². The summed E-state index contributed by atoms with van der Waals surface area (Å²) in [5.41, 5.74) is 6.92. The number of hydrogen-bond donors (Lipinski definition) is 2. The van der Waals surface area contributed by atoms with Crippen LogP contribution in [0.2, 0.25) is 0 Å². The molecule has 25 heavy (non-hydrogen) atoms. The number of sulfone groups is 1. The first-order valence-electron chi connectivity index (χ1n) is 7.80. The fourth-order valence-corrected chi connectivity index (χ4v) is 3.53. The molecule has 0 heterocycles. The summed E-state index contributed by atoms with van der Waals surface area (Å²) in [7, 11) is -3.48. The molecule has 2 rings (SSSR count). The van der Waals surface area contributed by atoms with E-state index in [9.17, 15) is 18.0 Å². The van der Waals surface area contributed by atoms with E-state index in [1.807, 2.05) is 30.3 Å². The van der Waals surface area contributed by atoms with Crippen LogP contribution in [0.25, 0.3) is 0 Å². The fourth-order valence-electron chi connectivity index (χ4n) is 2.33. The van der Waals surface area contributed by atoms with Crippen LogP contribution in [0.15, 0.2) is 54.6 Å². The first kappa shape index (κ1) is 18.7. The van der Waals surface area contributed by atoms with Crippen molar-refractivity contribution in [2.24, 2.45) is 5.73 Å². The van der Waals surface area contributed by atoms with Crippen LogP contribution in [-0.4, -0.2) is 31.7 Å². The van der Waals surface area contributed by atoms with Crippen LogP contribution in [0.3, 0.4) is 0 Å². The number of primary amides is 1. The zero-order valence-corrected chi connectivity index (χ0v) is 14.5. The molecule has 0 fully saturated rings. The van der Waals surface area contributed by atoms with Crippen LogP contribution in [0.1, 0.15) is 22.3 Å². The molecule has 132 valence electrons. The van der Waals surface area contributed by atoms with Crippen molar-refractivity contribution in [1.29, 1.82) is 0 Å². The molecular weight excluding hydrogens is 340 g/mol. The summed E-state index contributed by atoms with van der Waals surface area (Å²) < 4.78 is 24.1. The fraction of sp³-hybridized carbons (Fsp3) is 0.222. The summed E-state index contributed by atoms with van der Waals surface area (Å²) in [4.78, 5) is 22.9. The molecule has 7 heteroatoms. The molecule has 0 aliphatic rings. The predicted octanol–water partition coefficient (Wildman–Crippen LogP) is 1.77. The minimum Gasteiger partial charge on any atom is -0.366 e. The largest absolute Gasteiger partial charge is 0.366 e. The lowest BCUT2D eigenvalue weighted by molar-refractivity contribution is -0.113. The Hall–Kier alpha value is -2.67. The number of nitrogens with one attached hydrogen (secondary N) is 1. The quantitative estimate of drug-likeness (QED) is 0.748. The van der Waals surface area contributed by atoms with Crippen LogP contribution in [0.4, 0.5) is 5.69 Å². The number of anilines is 1. The van der Waals surface area contributed by atoms with E-state index in [4.69, 9.17) is 5.73 Å². The third kappa shape index (κ3) is 6.39. The number of aryl methyl sites for hydroxylation is 1. The maximum Gasteiger partial charge on any atom is 0.248 e. The third-order valence-electron chi connectivity index (χ3n) is 3.57. The topological polar surface area (TPSA) is 106 Å². The average Bonchev–Trinajstić information content (AvgIpc) is 2.55. The number of hydrogen-bond acceptors (Lipinski definition) is 4. The van der Waals surface area contributed by atoms with E-state index in [0.29, 0.717) is 24.1 Å². The van der Waals surface area contributed by atoms with E-state index in [1.165, 1.54) is 24.3 Å². The number of carbonyl (C=O) groups excluding carboxylic acids is 2. The van der Waals surface area contributed by atoms with Gasteiger partial charge >= 0.3 is 0 Å². The van der Waals surface area contributed by atoms with Gasteiger partial charge in [0.05, 0.1) is 5.75 Å². The molecule has 0 aliphatic heterocycles. The highest BCUT2D eigenvalue weighted by Gasteiger charge is 2.16. The van der Waals surface area contributed by atoms with E-state index < -0.39 is 27.4 Å². The van der Waals surface area contributed by atoms with Gasteiger partial charge in [0.2, 0.25) is 11.8 Å². The number of benzene rings is 2. The van der Waals surface area contributed by atoms with E-state index in [1.54, 1.807) is 0 Å². The summed E-state index contributed by atoms with van der Waals surface area (Å²) in [5, 5.41) is 2.50. The van der Waals surface area contributed by atoms with Crippen molar-refractivity contribution >= 4 is 27.3 Å². The van der Waals surface area contributed by atoms with Crippen molar-refractivity contribution in [3.05, 3.63) is 65.7 Å². The molecule has 0 radical (unpaired) electrons. The van der Waals surface area contributed by atoms with Gasteiger partial charge in [0.1, 0.15) is 5.75 Å². The van der Waals surface area contributed by atoms with Crippen molar-refractivity contribution in [1.82, 2.24) is 0 Å². The average molecular weight is 360 g/mol. The minimum absolute atomic E-state index is 0.0457. The van der Waals surface area contributed by atoms with E-state index in [-0.39, 0.29) is 5.75 Å². The highest BCUT2D eigenvalue weighted by Crippen LogP contribution is 2.10. The Morgan fingerprint density at radius 3 is 2.20 bits per heavy atom. The highest BCUT2D eigenvalue weighted by molar-refractivity contribution is 7.92. The summed E-state index contributed by atoms with van der Waals surface area (Å²) in [6.45, 7) is 0. The molecule has 0 saturated carbocycles. The number of rotatable bonds is 8. The molecular formula is C18H20N2O4S. The lowest BCUT2D eigenvalue weighted by Crippen LogP contribution is -2.25. The molecule has 0 atom stereocenters. The van der Waals surface area contributed by atoms with Crippen LogP contribution in [0, 0.1) is 0 Å². The first-order chi connectivity index (χ1) is 11.9. The number of nitrogens with two attached hydrogens (primary N) is 1. The zero-order valence-electron chi connectivity index (χ0n) is 13.6. The highest BCUT2D eigenvalue weighted by atomic mass is 32.2. The normalized spacial score (nSPS) is 11.0. The Labute approximate surface area is 147 Å². The predicted molar refractivity (Wildman–Crippen MR) is 97.0 cm³/mol. The van der Waals surface area contributed by atoms with Crippen LogP contribution in [0.5, 0.6) is 0 Å². The summed E-state index contributed by atoms with van der Waals surface area (Å²) in [6.07, 6.45) is 1.11. The van der Waals surface area contributed by atoms with E-state index in [2.05, 4.69) is 5.32 Å². The van der Waals surface area contributed by atoms with E-state index >= 15 is 0 Å². The van der Waals surface area contributed by atoms with Crippen molar-refractivity contribution in [2.75, 3.05) is 16.8 Å². The van der Waals surface area contributed by atoms with Crippen LogP contribution < -0.4 is 11.1 Å². The SMILES string of the molecule is NC(=O)c1ccc(NC(=O)CS(=O)(=O)CCCc2ccccc2)cc1. The Balaban J connectivity index is 1.82. The van der Waals surface area contributed by atoms with Crippen LogP contribution >= 0.6 is 0 Å². The molecule has 2 amide bonds. The summed E-state index contributed by atoms with van der Waals surface area (Å²) in [6, 6.07) is 15.5. The smallest absolute Gasteiger partial charge is 0.248 e. The molecule has 2 aromatic rings. The molecule has 0 aromatic heterocycles. The van der Waals surface area contributed by atoms with E-state index in [0.717, 1.165) is 5.56 Å². The van der Waals surface area contributed by atoms with Gasteiger partial charge in [-0.25, -0.2) is 8.42 Å². The molecule has 3 N–H and O–H groups in total. The maximum atomic E-state index is 12.0. The number of carbonyl (C=O) groups is 2. The van der Waals surface area contributed by atoms with Crippen molar-refractivity contribution in [3.63, 3.8) is 0 Å². The lowest BCUT2D eigenvalue weighted by Gasteiger charge is -2.07. The Kier molecular flexibility index (Phi) is 6.30. The van der Waals surface area contributed by atoms with Gasteiger partial charge in [-0.1, -0.05) is 30.3 Å². The Morgan fingerprint density at radius 1 is 0.960 bits per heavy atom. The monoisotopic (exact) mass is 360 g/mol. The standard InChI is InChI=1S/C18H20N2O4S/c19-18(22)15-8-10-16(11-9-15)20-17(21)13-25(23,24)12-4-7-14-5-2-1-3-6-14/h1-3,5-6,8-11H,4,7,12-13H2,(H2,19,22)(H,20,21). The Bertz CT molecular complexity index is 831. The van der Waals surface area contributed by atoms with Crippen molar-refractivity contribution < 1.29 is 18.0 Å². The van der Waals surface area contributed by atoms with Gasteiger partial charge in [-0.15, -0.1) is 0 Å². The molecule has 0 aliphatic carbocycles. The van der Waals surface area contributed by atoms with Gasteiger partial charge in [-0.3, -0.25) is 9.59 Å². The summed E-state index contributed by atoms with van der Waals surface area (Å²) in [5.74, 6) is -1.79. The van der Waals surface area contributed by atoms with Gasteiger partial charge in [0.25, 0.3) is 0 Å². The summed E-state index contributed by atoms with van der Waals surface area (Å²) >= 11 is 0. The minimum atomic E-state index is -3.48. The molecule has 2 aromatic carbocycles. The van der Waals surface area contributed by atoms with Gasteiger partial charge in [-0.2, -0.15) is 0 Å². The van der Waals surface area contributed by atoms with Gasteiger partial charge in [0, 0.05) is 11.3 Å². The molecule has 0 saturated heterocycles. The molecule has 0 spiro atoms. The first-order valence-corrected chi connectivity index (χ1v) is 9.62. The van der Waals surface area contributed by atoms with Gasteiger partial charge in [-0.05, 0) is 42.7 Å². The van der Waals surface area contributed by atoms with Gasteiger partial charge in [0.15, 0.2) is 9.84 Å². The van der Waals surface area contributed by atoms with Crippen molar-refractivity contribution in [3.8, 4) is 0 Å². The zero-order chi connectivity index (χ0) is 18.3. The number of amides is 2. The lowest BCUT2D eigenvalue weighted by atomic mass is 10.1. The second-order valence-corrected chi connectivity index (χ2v) is 7.86. The maximum absolute atomic E-state index is 12.0. The molecule has 6 nitrogen and oxygen atoms in total.